The zero-order valence-electron chi connectivity index (χ0n) is 15.2. The summed E-state index contributed by atoms with van der Waals surface area (Å²) >= 11 is 0. The van der Waals surface area contributed by atoms with E-state index in [1.54, 1.807) is 6.92 Å². The van der Waals surface area contributed by atoms with E-state index in [0.717, 1.165) is 6.42 Å². The molecule has 0 aliphatic rings. The lowest BCUT2D eigenvalue weighted by molar-refractivity contribution is -0.147. The van der Waals surface area contributed by atoms with Gasteiger partial charge in [0.15, 0.2) is 0 Å². The summed E-state index contributed by atoms with van der Waals surface area (Å²) in [6.07, 6.45) is 3.95. The van der Waals surface area contributed by atoms with Gasteiger partial charge < -0.3 is 9.47 Å². The van der Waals surface area contributed by atoms with Crippen LogP contribution in [0.1, 0.15) is 74.7 Å². The zero-order valence-corrected chi connectivity index (χ0v) is 15.2. The maximum absolute atomic E-state index is 10.8. The van der Waals surface area contributed by atoms with Gasteiger partial charge in [-0.1, -0.05) is 41.5 Å². The van der Waals surface area contributed by atoms with Crippen LogP contribution in [0.15, 0.2) is 0 Å². The van der Waals surface area contributed by atoms with Crippen LogP contribution in [-0.2, 0) is 19.1 Å². The Hall–Kier alpha value is -1.06. The molecule has 0 aromatic carbocycles. The van der Waals surface area contributed by atoms with Crippen molar-refractivity contribution in [1.82, 2.24) is 0 Å². The lowest BCUT2D eigenvalue weighted by Gasteiger charge is -2.04. The Balaban J connectivity index is -0.000000264. The molecule has 0 fully saturated rings. The second kappa shape index (κ2) is 18.9. The molecule has 1 radical (unpaired) electrons. The fourth-order valence-electron chi connectivity index (χ4n) is 0.954. The Labute approximate surface area is 131 Å². The van der Waals surface area contributed by atoms with E-state index in [1.165, 1.54) is 0 Å². The summed E-state index contributed by atoms with van der Waals surface area (Å²) in [7, 11) is 0. The maximum Gasteiger partial charge on any atom is 0.306 e. The minimum absolute atomic E-state index is 0.0300. The number of esters is 2. The lowest BCUT2D eigenvalue weighted by Crippen LogP contribution is -2.09. The fourth-order valence-corrected chi connectivity index (χ4v) is 0.954. The summed E-state index contributed by atoms with van der Waals surface area (Å²) in [6.45, 7) is 16.0. The van der Waals surface area contributed by atoms with Crippen LogP contribution in [0.25, 0.3) is 0 Å². The highest BCUT2D eigenvalue weighted by atomic mass is 16.5. The van der Waals surface area contributed by atoms with Crippen LogP contribution in [0.5, 0.6) is 0 Å². The largest absolute Gasteiger partial charge is 0.466 e. The molecule has 0 aromatic rings. The molecular weight excluding hydrogens is 268 g/mol. The van der Waals surface area contributed by atoms with Crippen molar-refractivity contribution < 1.29 is 19.1 Å². The molecule has 0 N–H and O–H groups in total. The Morgan fingerprint density at radius 1 is 1.00 bits per heavy atom. The van der Waals surface area contributed by atoms with E-state index in [4.69, 9.17) is 9.47 Å². The van der Waals surface area contributed by atoms with Gasteiger partial charge >= 0.3 is 11.9 Å². The van der Waals surface area contributed by atoms with Gasteiger partial charge in [0.05, 0.1) is 12.7 Å². The van der Waals surface area contributed by atoms with E-state index in [1.807, 2.05) is 54.9 Å². The lowest BCUT2D eigenvalue weighted by atomic mass is 10.1. The second-order valence-corrected chi connectivity index (χ2v) is 5.29. The molecule has 0 saturated heterocycles. The standard InChI is InChI=1S/C8H16O2.C6H12O2.C3H7/c1-4-5-10-8(9)6-7(2)3;1-4-6(7)8-5(2)3;1-3-2/h7H,4-6H2,1-3H3;5H,4H2,1-3H3;3H,1-2H3. The van der Waals surface area contributed by atoms with Crippen molar-refractivity contribution in [3.8, 4) is 0 Å². The first-order valence-electron chi connectivity index (χ1n) is 7.83. The quantitative estimate of drug-likeness (QED) is 0.675. The molecule has 0 aliphatic heterocycles. The third-order valence-electron chi connectivity index (χ3n) is 1.70. The van der Waals surface area contributed by atoms with Gasteiger partial charge in [0, 0.05) is 12.8 Å². The smallest absolute Gasteiger partial charge is 0.306 e. The molecule has 21 heavy (non-hydrogen) atoms. The van der Waals surface area contributed by atoms with E-state index in [-0.39, 0.29) is 18.0 Å². The third-order valence-corrected chi connectivity index (χ3v) is 1.70. The number of carbonyl (C=O) groups is 2. The van der Waals surface area contributed by atoms with Crippen LogP contribution in [0.4, 0.5) is 0 Å². The van der Waals surface area contributed by atoms with Crippen LogP contribution < -0.4 is 0 Å². The number of hydrogen-bond donors (Lipinski definition) is 0. The highest BCUT2D eigenvalue weighted by Crippen LogP contribution is 2.00. The number of ether oxygens (including phenoxy) is 2. The summed E-state index contributed by atoms with van der Waals surface area (Å²) in [4.78, 5) is 21.2. The average Bonchev–Trinajstić information content (AvgIpc) is 2.36. The highest BCUT2D eigenvalue weighted by Gasteiger charge is 2.04. The first-order valence-corrected chi connectivity index (χ1v) is 7.83. The molecule has 0 atom stereocenters. The molecule has 0 rings (SSSR count). The highest BCUT2D eigenvalue weighted by molar-refractivity contribution is 5.69. The van der Waals surface area contributed by atoms with Crippen LogP contribution in [0, 0.1) is 12.3 Å². The number of carbonyl (C=O) groups excluding carboxylic acids is 2. The van der Waals surface area contributed by atoms with Gasteiger partial charge in [-0.2, -0.15) is 0 Å². The average molecular weight is 303 g/mol. The number of rotatable bonds is 6. The molecule has 0 aliphatic carbocycles. The van der Waals surface area contributed by atoms with E-state index in [0.29, 0.717) is 25.4 Å². The van der Waals surface area contributed by atoms with Gasteiger partial charge in [0.25, 0.3) is 0 Å². The molecular formula is C17H35O4. The monoisotopic (exact) mass is 303 g/mol. The molecule has 0 aromatic heterocycles. The van der Waals surface area contributed by atoms with E-state index < -0.39 is 0 Å². The Bertz CT molecular complexity index is 235. The predicted octanol–water partition coefficient (Wildman–Crippen LogP) is 4.56. The molecule has 0 bridgehead atoms. The number of hydrogen-bond acceptors (Lipinski definition) is 4. The van der Waals surface area contributed by atoms with Gasteiger partial charge in [-0.05, 0) is 32.6 Å². The van der Waals surface area contributed by atoms with E-state index in [9.17, 15) is 9.59 Å². The van der Waals surface area contributed by atoms with Crippen molar-refractivity contribution in [3.05, 3.63) is 6.42 Å². The van der Waals surface area contributed by atoms with Crippen molar-refractivity contribution in [2.24, 2.45) is 5.92 Å². The molecule has 0 unspecified atom stereocenters. The van der Waals surface area contributed by atoms with Crippen molar-refractivity contribution in [2.45, 2.75) is 80.8 Å². The summed E-state index contributed by atoms with van der Waals surface area (Å²) in [5, 5.41) is 0. The van der Waals surface area contributed by atoms with Gasteiger partial charge in [-0.25, -0.2) is 0 Å². The summed E-state index contributed by atoms with van der Waals surface area (Å²) in [5.74, 6) is 0.209. The van der Waals surface area contributed by atoms with E-state index in [2.05, 4.69) is 0 Å². The predicted molar refractivity (Wildman–Crippen MR) is 87.9 cm³/mol. The Morgan fingerprint density at radius 3 is 1.71 bits per heavy atom. The van der Waals surface area contributed by atoms with Gasteiger partial charge in [0.2, 0.25) is 0 Å². The van der Waals surface area contributed by atoms with Crippen LogP contribution >= 0.6 is 0 Å². The van der Waals surface area contributed by atoms with Crippen LogP contribution in [0.2, 0.25) is 0 Å². The van der Waals surface area contributed by atoms with Crippen molar-refractivity contribution in [2.75, 3.05) is 6.61 Å². The molecule has 4 nitrogen and oxygen atoms in total. The summed E-state index contributed by atoms with van der Waals surface area (Å²) < 4.78 is 9.62. The minimum atomic E-state index is -0.125. The first kappa shape index (κ1) is 24.9. The normalized spacial score (nSPS) is 9.24. The van der Waals surface area contributed by atoms with Crippen molar-refractivity contribution >= 4 is 11.9 Å². The third kappa shape index (κ3) is 32.5. The molecule has 0 spiro atoms. The van der Waals surface area contributed by atoms with Crippen molar-refractivity contribution in [1.29, 1.82) is 0 Å². The molecule has 127 valence electrons. The van der Waals surface area contributed by atoms with Gasteiger partial charge in [0.1, 0.15) is 0 Å². The van der Waals surface area contributed by atoms with Crippen LogP contribution in [0.3, 0.4) is 0 Å². The molecule has 0 heterocycles. The van der Waals surface area contributed by atoms with Crippen LogP contribution in [-0.4, -0.2) is 24.6 Å². The molecule has 4 heteroatoms. The first-order chi connectivity index (χ1) is 9.74. The van der Waals surface area contributed by atoms with E-state index >= 15 is 0 Å². The Kier molecular flexibility index (Phi) is 22.5. The summed E-state index contributed by atoms with van der Waals surface area (Å²) in [5.41, 5.74) is 0. The van der Waals surface area contributed by atoms with Crippen molar-refractivity contribution in [3.63, 3.8) is 0 Å². The second-order valence-electron chi connectivity index (χ2n) is 5.29. The minimum Gasteiger partial charge on any atom is -0.466 e. The Morgan fingerprint density at radius 2 is 1.48 bits per heavy atom. The van der Waals surface area contributed by atoms with Gasteiger partial charge in [-0.15, -0.1) is 0 Å². The fraction of sp³-hybridized carbons (Fsp3) is 0.824. The maximum atomic E-state index is 10.8. The molecule has 0 saturated carbocycles. The topological polar surface area (TPSA) is 52.6 Å². The molecule has 0 amide bonds. The van der Waals surface area contributed by atoms with Gasteiger partial charge in [-0.3, -0.25) is 9.59 Å². The zero-order chi connectivity index (χ0) is 17.3. The SMILES string of the molecule is CCC(=O)OC(C)C.CCCOC(=O)CC(C)C.C[CH]C. The summed E-state index contributed by atoms with van der Waals surface area (Å²) in [6, 6.07) is 0.